The van der Waals surface area contributed by atoms with Gasteiger partial charge in [-0.25, -0.2) is 0 Å². The molecule has 1 aliphatic carbocycles. The molecule has 2 heterocycles. The molecule has 2 N–H and O–H groups in total. The Kier molecular flexibility index (Phi) is 9.50. The third-order valence-corrected chi connectivity index (χ3v) is 9.69. The average Bonchev–Trinajstić information content (AvgIpc) is 3.38. The lowest BCUT2D eigenvalue weighted by atomic mass is 9.81. The summed E-state index contributed by atoms with van der Waals surface area (Å²) in [6.07, 6.45) is 12.3. The van der Waals surface area contributed by atoms with Crippen molar-refractivity contribution < 1.29 is 33.3 Å². The van der Waals surface area contributed by atoms with Gasteiger partial charge in [-0.15, -0.1) is 0 Å². The molecule has 0 aromatic heterocycles. The second kappa shape index (κ2) is 13.0. The molecular weight excluding hydrogens is 665 g/mol. The number of para-hydroxylation sites is 2. The number of fused-ring (bicyclic) bond motifs is 2. The van der Waals surface area contributed by atoms with Crippen molar-refractivity contribution in [2.45, 2.75) is 71.6 Å². The van der Waals surface area contributed by atoms with Crippen LogP contribution >= 0.6 is 0 Å². The molecule has 0 amide bonds. The van der Waals surface area contributed by atoms with Gasteiger partial charge in [0.25, 0.3) is 0 Å². The van der Waals surface area contributed by atoms with Gasteiger partial charge in [-0.3, -0.25) is 0 Å². The van der Waals surface area contributed by atoms with Crippen LogP contribution in [0.1, 0.15) is 71.9 Å². The number of nitrogen functional groups attached to an aromatic ring is 1. The fourth-order valence-electron chi connectivity index (χ4n) is 7.33. The van der Waals surface area contributed by atoms with E-state index in [2.05, 4.69) is 124 Å². The van der Waals surface area contributed by atoms with E-state index in [0.717, 1.165) is 49.5 Å². The van der Waals surface area contributed by atoms with Crippen molar-refractivity contribution in [3.63, 3.8) is 0 Å². The average molecular weight is 712 g/mol. The molecular formula is C40H46IN3O. The van der Waals surface area contributed by atoms with Crippen LogP contribution < -0.4 is 39.3 Å². The molecule has 5 heteroatoms. The number of ether oxygens (including phenoxy) is 1. The maximum atomic E-state index is 6.74. The third kappa shape index (κ3) is 5.92. The number of hydrogen-bond donors (Lipinski definition) is 1. The number of likely N-dealkylation sites (N-methyl/N-ethyl adjacent to an activating group) is 1. The minimum absolute atomic E-state index is 0. The number of nitrogens with two attached hydrogens (primary N) is 1. The SMILES string of the molecule is CCN1/C(=C/C=C2\CCCC(/C=C/C3=[N+](CC)c4ccccc4C3(C)C)=C2Oc2ccc(N)cc2)C(C)(C)c2ccccc21.[I-]. The molecule has 0 atom stereocenters. The fourth-order valence-corrected chi connectivity index (χ4v) is 7.33. The molecule has 0 unspecified atom stereocenters. The number of halogens is 1. The van der Waals surface area contributed by atoms with E-state index in [-0.39, 0.29) is 34.8 Å². The Balaban J connectivity index is 0.00000400. The van der Waals surface area contributed by atoms with Crippen LogP contribution in [-0.2, 0) is 10.8 Å². The largest absolute Gasteiger partial charge is 1.00 e. The predicted molar refractivity (Wildman–Crippen MR) is 185 cm³/mol. The summed E-state index contributed by atoms with van der Waals surface area (Å²) in [7, 11) is 0. The minimum Gasteiger partial charge on any atom is -1.00 e. The summed E-state index contributed by atoms with van der Waals surface area (Å²) in [5.74, 6) is 1.77. The highest BCUT2D eigenvalue weighted by Crippen LogP contribution is 2.47. The number of nitrogens with zero attached hydrogens (tertiary/aromatic N) is 2. The molecule has 0 radical (unpaired) electrons. The van der Waals surface area contributed by atoms with E-state index in [9.17, 15) is 0 Å². The van der Waals surface area contributed by atoms with E-state index in [1.54, 1.807) is 0 Å². The van der Waals surface area contributed by atoms with Crippen molar-refractivity contribution in [2.75, 3.05) is 23.7 Å². The molecule has 45 heavy (non-hydrogen) atoms. The highest BCUT2D eigenvalue weighted by molar-refractivity contribution is 6.03. The summed E-state index contributed by atoms with van der Waals surface area (Å²) in [5.41, 5.74) is 17.1. The van der Waals surface area contributed by atoms with Crippen molar-refractivity contribution in [2.24, 2.45) is 0 Å². The Bertz CT molecular complexity index is 1740. The zero-order valence-corrected chi connectivity index (χ0v) is 29.7. The first-order valence-electron chi connectivity index (χ1n) is 16.1. The number of allylic oxidation sites excluding steroid dienone is 7. The van der Waals surface area contributed by atoms with Crippen LogP contribution in [0.3, 0.4) is 0 Å². The molecule has 0 spiro atoms. The topological polar surface area (TPSA) is 41.5 Å². The Morgan fingerprint density at radius 3 is 2.22 bits per heavy atom. The van der Waals surface area contributed by atoms with Crippen LogP contribution in [0.15, 0.2) is 120 Å². The minimum atomic E-state index is -0.0773. The summed E-state index contributed by atoms with van der Waals surface area (Å²) < 4.78 is 9.19. The second-order valence-electron chi connectivity index (χ2n) is 13.1. The first-order valence-corrected chi connectivity index (χ1v) is 16.1. The monoisotopic (exact) mass is 711 g/mol. The first-order chi connectivity index (χ1) is 21.2. The summed E-state index contributed by atoms with van der Waals surface area (Å²) in [6.45, 7) is 15.7. The van der Waals surface area contributed by atoms with Gasteiger partial charge >= 0.3 is 0 Å². The number of benzene rings is 3. The van der Waals surface area contributed by atoms with Gasteiger partial charge in [0.1, 0.15) is 18.1 Å². The van der Waals surface area contributed by atoms with E-state index in [0.29, 0.717) is 0 Å². The maximum absolute atomic E-state index is 6.74. The van der Waals surface area contributed by atoms with E-state index in [4.69, 9.17) is 10.5 Å². The van der Waals surface area contributed by atoms with Crippen LogP contribution in [0.2, 0.25) is 0 Å². The van der Waals surface area contributed by atoms with Crippen LogP contribution in [-0.4, -0.2) is 23.4 Å². The molecule has 234 valence electrons. The van der Waals surface area contributed by atoms with Crippen LogP contribution in [0, 0.1) is 0 Å². The van der Waals surface area contributed by atoms with Crippen molar-refractivity contribution >= 4 is 22.8 Å². The molecule has 4 nitrogen and oxygen atoms in total. The Labute approximate surface area is 286 Å². The highest BCUT2D eigenvalue weighted by atomic mass is 127. The number of hydrogen-bond acceptors (Lipinski definition) is 3. The van der Waals surface area contributed by atoms with Crippen LogP contribution in [0.5, 0.6) is 5.75 Å². The van der Waals surface area contributed by atoms with Gasteiger partial charge in [-0.1, -0.05) is 56.3 Å². The Hall–Kier alpha value is -3.58. The van der Waals surface area contributed by atoms with Gasteiger partial charge < -0.3 is 39.3 Å². The van der Waals surface area contributed by atoms with Gasteiger partial charge in [0.05, 0.1) is 5.41 Å². The zero-order valence-electron chi connectivity index (χ0n) is 27.5. The number of rotatable bonds is 7. The van der Waals surface area contributed by atoms with E-state index in [1.165, 1.54) is 45.1 Å². The van der Waals surface area contributed by atoms with Gasteiger partial charge in [0.15, 0.2) is 5.71 Å². The first kappa shape index (κ1) is 32.8. The molecule has 3 aliphatic rings. The van der Waals surface area contributed by atoms with Gasteiger partial charge in [-0.2, -0.15) is 4.58 Å². The smallest absolute Gasteiger partial charge is 0.209 e. The van der Waals surface area contributed by atoms with Crippen LogP contribution in [0.4, 0.5) is 17.1 Å². The van der Waals surface area contributed by atoms with Crippen molar-refractivity contribution in [1.82, 2.24) is 0 Å². The molecule has 3 aromatic rings. The van der Waals surface area contributed by atoms with Gasteiger partial charge in [0, 0.05) is 46.7 Å². The predicted octanol–water partition coefficient (Wildman–Crippen LogP) is 6.37. The summed E-state index contributed by atoms with van der Waals surface area (Å²) in [6, 6.07) is 25.4. The summed E-state index contributed by atoms with van der Waals surface area (Å²) >= 11 is 0. The second-order valence-corrected chi connectivity index (χ2v) is 13.1. The molecule has 6 rings (SSSR count). The van der Waals surface area contributed by atoms with E-state index >= 15 is 0 Å². The van der Waals surface area contributed by atoms with Crippen molar-refractivity contribution in [3.05, 3.63) is 131 Å². The molecule has 0 bridgehead atoms. The highest BCUT2D eigenvalue weighted by Gasteiger charge is 2.43. The summed E-state index contributed by atoms with van der Waals surface area (Å²) in [5, 5.41) is 0. The zero-order chi connectivity index (χ0) is 31.1. The fraction of sp³-hybridized carbons (Fsp3) is 0.325. The van der Waals surface area contributed by atoms with Gasteiger partial charge in [-0.05, 0) is 106 Å². The van der Waals surface area contributed by atoms with E-state index < -0.39 is 0 Å². The standard InChI is InChI=1S/C40H46N3O.HI/c1-7-42-34-18-11-9-16-32(34)39(3,4)36(42)26-20-28-14-13-15-29(38(28)44-31-24-22-30(41)23-25-31)21-27-37-40(5,6)33-17-10-12-19-35(33)43(37)8-2;/h9-12,16-27H,7-8,13-15,41H2,1-6H3;1H/q+1;/p-1. The third-order valence-electron chi connectivity index (χ3n) is 9.69. The molecule has 0 saturated carbocycles. The Morgan fingerprint density at radius 1 is 0.822 bits per heavy atom. The van der Waals surface area contributed by atoms with Crippen molar-refractivity contribution in [3.8, 4) is 5.75 Å². The molecule has 3 aromatic carbocycles. The number of anilines is 2. The quantitative estimate of drug-likeness (QED) is 0.176. The van der Waals surface area contributed by atoms with E-state index in [1.807, 2.05) is 24.3 Å². The lowest BCUT2D eigenvalue weighted by Gasteiger charge is -2.26. The molecule has 0 saturated heterocycles. The lowest BCUT2D eigenvalue weighted by molar-refractivity contribution is -0.433. The summed E-state index contributed by atoms with van der Waals surface area (Å²) in [4.78, 5) is 2.45. The Morgan fingerprint density at radius 2 is 1.51 bits per heavy atom. The normalized spacial score (nSPS) is 20.2. The maximum Gasteiger partial charge on any atom is 0.209 e. The van der Waals surface area contributed by atoms with Crippen molar-refractivity contribution in [1.29, 1.82) is 0 Å². The molecule has 0 fully saturated rings. The van der Waals surface area contributed by atoms with Crippen LogP contribution in [0.25, 0.3) is 0 Å². The molecule has 2 aliphatic heterocycles. The van der Waals surface area contributed by atoms with Gasteiger partial charge in [0.2, 0.25) is 5.69 Å². The lowest BCUT2D eigenvalue weighted by Crippen LogP contribution is -3.00.